The van der Waals surface area contributed by atoms with Gasteiger partial charge in [-0.3, -0.25) is 4.79 Å². The molecular weight excluding hydrogens is 132 g/mol. The van der Waals surface area contributed by atoms with Gasteiger partial charge in [-0.2, -0.15) is 5.10 Å². The summed E-state index contributed by atoms with van der Waals surface area (Å²) < 4.78 is 5.05. The van der Waals surface area contributed by atoms with Crippen LogP contribution in [0.4, 0.5) is 0 Å². The Morgan fingerprint density at radius 1 is 1.70 bits per heavy atom. The number of hydrogen-bond acceptors (Lipinski definition) is 3. The molecule has 2 heterocycles. The highest BCUT2D eigenvalue weighted by Gasteiger charge is 2.14. The molecule has 4 heteroatoms. The van der Waals surface area contributed by atoms with Gasteiger partial charge in [-0.05, 0) is 0 Å². The van der Waals surface area contributed by atoms with Crippen LogP contribution in [0.2, 0.25) is 0 Å². The molecule has 0 radical (unpaired) electrons. The van der Waals surface area contributed by atoms with Crippen LogP contribution in [-0.2, 0) is 6.42 Å². The van der Waals surface area contributed by atoms with Crippen LogP contribution in [-0.4, -0.2) is 16.8 Å². The van der Waals surface area contributed by atoms with Gasteiger partial charge in [0.05, 0.1) is 12.8 Å². The van der Waals surface area contributed by atoms with Crippen molar-refractivity contribution in [3.63, 3.8) is 0 Å². The summed E-state index contributed by atoms with van der Waals surface area (Å²) in [5.74, 6) is 0.440. The van der Waals surface area contributed by atoms with Crippen molar-refractivity contribution in [2.75, 3.05) is 6.61 Å². The largest absolute Gasteiger partial charge is 0.487 e. The molecule has 1 N–H and O–H groups in total. The van der Waals surface area contributed by atoms with Crippen molar-refractivity contribution >= 4 is 0 Å². The maximum Gasteiger partial charge on any atom is 0.306 e. The van der Waals surface area contributed by atoms with Crippen molar-refractivity contribution in [2.24, 2.45) is 0 Å². The van der Waals surface area contributed by atoms with Crippen molar-refractivity contribution in [2.45, 2.75) is 6.42 Å². The lowest BCUT2D eigenvalue weighted by Gasteiger charge is -1.92. The summed E-state index contributed by atoms with van der Waals surface area (Å²) in [5, 5.41) is 5.94. The van der Waals surface area contributed by atoms with Gasteiger partial charge < -0.3 is 4.74 Å². The molecule has 1 aromatic heterocycles. The average Bonchev–Trinajstić information content (AvgIpc) is 2.36. The highest BCUT2D eigenvalue weighted by atomic mass is 16.5. The van der Waals surface area contributed by atoms with Gasteiger partial charge in [-0.25, -0.2) is 5.10 Å². The van der Waals surface area contributed by atoms with E-state index in [1.807, 2.05) is 0 Å². The van der Waals surface area contributed by atoms with Crippen molar-refractivity contribution in [3.05, 3.63) is 22.1 Å². The summed E-state index contributed by atoms with van der Waals surface area (Å²) in [7, 11) is 0. The minimum atomic E-state index is -0.227. The molecule has 0 unspecified atom stereocenters. The number of nitrogens with zero attached hydrogens (tertiary/aromatic N) is 1. The molecule has 0 saturated heterocycles. The number of aromatic nitrogens is 2. The molecule has 0 fully saturated rings. The van der Waals surface area contributed by atoms with E-state index in [0.717, 1.165) is 12.0 Å². The molecule has 0 aromatic carbocycles. The van der Waals surface area contributed by atoms with E-state index in [4.69, 9.17) is 4.74 Å². The zero-order valence-corrected chi connectivity index (χ0v) is 5.26. The lowest BCUT2D eigenvalue weighted by atomic mass is 10.2. The smallest absolute Gasteiger partial charge is 0.306 e. The first-order valence-electron chi connectivity index (χ1n) is 3.07. The molecule has 0 aliphatic carbocycles. The number of fused-ring (bicyclic) bond motifs is 1. The molecule has 2 rings (SSSR count). The van der Waals surface area contributed by atoms with E-state index in [-0.39, 0.29) is 5.56 Å². The molecule has 0 saturated carbocycles. The maximum atomic E-state index is 10.9. The van der Waals surface area contributed by atoms with Crippen LogP contribution >= 0.6 is 0 Å². The summed E-state index contributed by atoms with van der Waals surface area (Å²) >= 11 is 0. The third-order valence-corrected chi connectivity index (χ3v) is 1.50. The lowest BCUT2D eigenvalue weighted by molar-refractivity contribution is 0.352. The van der Waals surface area contributed by atoms with Gasteiger partial charge in [-0.15, -0.1) is 0 Å². The van der Waals surface area contributed by atoms with Crippen molar-refractivity contribution in [1.29, 1.82) is 0 Å². The van der Waals surface area contributed by atoms with Gasteiger partial charge in [-0.1, -0.05) is 0 Å². The summed E-state index contributed by atoms with van der Waals surface area (Å²) in [6, 6.07) is 0. The first-order chi connectivity index (χ1) is 4.88. The first kappa shape index (κ1) is 5.46. The molecule has 0 atom stereocenters. The third kappa shape index (κ3) is 0.618. The SMILES string of the molecule is O=c1[nH]ncc2c1OCC2. The van der Waals surface area contributed by atoms with Crippen molar-refractivity contribution in [1.82, 2.24) is 10.2 Å². The average molecular weight is 138 g/mol. The van der Waals surface area contributed by atoms with Crippen molar-refractivity contribution in [3.8, 4) is 5.75 Å². The standard InChI is InChI=1S/C6H6N2O2/c9-6-5-4(1-2-10-5)3-7-8-6/h3H,1-2H2,(H,8,9). The van der Waals surface area contributed by atoms with Gasteiger partial charge in [0.25, 0.3) is 0 Å². The third-order valence-electron chi connectivity index (χ3n) is 1.50. The Balaban J connectivity index is 2.70. The fourth-order valence-corrected chi connectivity index (χ4v) is 1.02. The van der Waals surface area contributed by atoms with Gasteiger partial charge in [0.15, 0.2) is 5.75 Å². The summed E-state index contributed by atoms with van der Waals surface area (Å²) in [6.07, 6.45) is 2.43. The summed E-state index contributed by atoms with van der Waals surface area (Å²) in [6.45, 7) is 0.601. The minimum Gasteiger partial charge on any atom is -0.487 e. The molecule has 0 bridgehead atoms. The topological polar surface area (TPSA) is 55.0 Å². The van der Waals surface area contributed by atoms with Crippen LogP contribution in [0.3, 0.4) is 0 Å². The molecule has 52 valence electrons. The summed E-state index contributed by atoms with van der Waals surface area (Å²) in [4.78, 5) is 10.9. The van der Waals surface area contributed by atoms with E-state index in [9.17, 15) is 4.79 Å². The molecule has 1 aliphatic rings. The Morgan fingerprint density at radius 2 is 2.60 bits per heavy atom. The number of H-pyrrole nitrogens is 1. The normalized spacial score (nSPS) is 14.4. The van der Waals surface area contributed by atoms with Crippen LogP contribution in [0.15, 0.2) is 11.0 Å². The van der Waals surface area contributed by atoms with Crippen LogP contribution in [0, 0.1) is 0 Å². The second kappa shape index (κ2) is 1.83. The predicted octanol–water partition coefficient (Wildman–Crippen LogP) is -0.295. The Labute approximate surface area is 56.8 Å². The Bertz CT molecular complexity index is 305. The Kier molecular flexibility index (Phi) is 1.00. The Hall–Kier alpha value is -1.32. The Morgan fingerprint density at radius 3 is 3.40 bits per heavy atom. The monoisotopic (exact) mass is 138 g/mol. The quantitative estimate of drug-likeness (QED) is 0.535. The van der Waals surface area contributed by atoms with Crippen LogP contribution in [0.25, 0.3) is 0 Å². The first-order valence-corrected chi connectivity index (χ1v) is 3.07. The molecule has 1 aromatic rings. The minimum absolute atomic E-state index is 0.227. The number of ether oxygens (including phenoxy) is 1. The van der Waals surface area contributed by atoms with E-state index >= 15 is 0 Å². The van der Waals surface area contributed by atoms with Crippen LogP contribution in [0.1, 0.15) is 5.56 Å². The highest BCUT2D eigenvalue weighted by Crippen LogP contribution is 2.17. The second-order valence-corrected chi connectivity index (χ2v) is 2.15. The van der Waals surface area contributed by atoms with E-state index in [2.05, 4.69) is 10.2 Å². The van der Waals surface area contributed by atoms with E-state index < -0.39 is 0 Å². The van der Waals surface area contributed by atoms with E-state index in [0.29, 0.717) is 12.4 Å². The molecule has 0 spiro atoms. The lowest BCUT2D eigenvalue weighted by Crippen LogP contribution is -2.09. The van der Waals surface area contributed by atoms with E-state index in [1.165, 1.54) is 0 Å². The van der Waals surface area contributed by atoms with Gasteiger partial charge in [0, 0.05) is 12.0 Å². The highest BCUT2D eigenvalue weighted by molar-refractivity contribution is 5.30. The van der Waals surface area contributed by atoms with Gasteiger partial charge >= 0.3 is 5.56 Å². The van der Waals surface area contributed by atoms with Gasteiger partial charge in [0.2, 0.25) is 0 Å². The summed E-state index contributed by atoms with van der Waals surface area (Å²) in [5.41, 5.74) is 0.679. The molecule has 1 aliphatic heterocycles. The van der Waals surface area contributed by atoms with Crippen LogP contribution in [0.5, 0.6) is 5.75 Å². The number of aromatic amines is 1. The molecule has 10 heavy (non-hydrogen) atoms. The van der Waals surface area contributed by atoms with Crippen LogP contribution < -0.4 is 10.3 Å². The predicted molar refractivity (Wildman–Crippen MR) is 34.1 cm³/mol. The molecule has 0 amide bonds. The van der Waals surface area contributed by atoms with E-state index in [1.54, 1.807) is 6.20 Å². The van der Waals surface area contributed by atoms with Gasteiger partial charge in [0.1, 0.15) is 0 Å². The van der Waals surface area contributed by atoms with Crippen molar-refractivity contribution < 1.29 is 4.74 Å². The number of nitrogens with one attached hydrogen (secondary N) is 1. The molecule has 4 nitrogen and oxygen atoms in total. The second-order valence-electron chi connectivity index (χ2n) is 2.15. The fraction of sp³-hybridized carbons (Fsp3) is 0.333. The maximum absolute atomic E-state index is 10.9. The molecular formula is C6H6N2O2. The number of hydrogen-bond donors (Lipinski definition) is 1. The number of rotatable bonds is 0. The zero-order chi connectivity index (χ0) is 6.97. The fourth-order valence-electron chi connectivity index (χ4n) is 1.02. The zero-order valence-electron chi connectivity index (χ0n) is 5.26.